The van der Waals surface area contributed by atoms with Crippen molar-refractivity contribution in [1.82, 2.24) is 14.7 Å². The van der Waals surface area contributed by atoms with Gasteiger partial charge in [0, 0.05) is 44.7 Å². The van der Waals surface area contributed by atoms with E-state index >= 15 is 0 Å². The molecule has 1 unspecified atom stereocenters. The lowest BCUT2D eigenvalue weighted by molar-refractivity contribution is -0.133. The molecule has 7 heteroatoms. The van der Waals surface area contributed by atoms with E-state index in [-0.39, 0.29) is 23.8 Å². The minimum absolute atomic E-state index is 0.0385. The first kappa shape index (κ1) is 18.9. The molecular formula is C19H29N3O4. The summed E-state index contributed by atoms with van der Waals surface area (Å²) in [7, 11) is 0. The molecule has 2 saturated heterocycles. The predicted octanol–water partition coefficient (Wildman–Crippen LogP) is 1.05. The molecule has 2 amide bonds. The van der Waals surface area contributed by atoms with Gasteiger partial charge in [-0.05, 0) is 31.5 Å². The number of furan rings is 1. The maximum Gasteiger partial charge on any atom is 0.289 e. The molecule has 0 aliphatic carbocycles. The Morgan fingerprint density at radius 3 is 2.54 bits per heavy atom. The van der Waals surface area contributed by atoms with Crippen molar-refractivity contribution in [2.45, 2.75) is 26.2 Å². The zero-order valence-corrected chi connectivity index (χ0v) is 15.5. The van der Waals surface area contributed by atoms with Crippen molar-refractivity contribution in [3.63, 3.8) is 0 Å². The number of piperazine rings is 1. The van der Waals surface area contributed by atoms with E-state index in [2.05, 4.69) is 11.8 Å². The molecule has 1 atom stereocenters. The number of hydrogen-bond acceptors (Lipinski definition) is 5. The van der Waals surface area contributed by atoms with Crippen LogP contribution in [0, 0.1) is 5.41 Å². The first-order valence-electron chi connectivity index (χ1n) is 9.51. The summed E-state index contributed by atoms with van der Waals surface area (Å²) >= 11 is 0. The van der Waals surface area contributed by atoms with Crippen LogP contribution >= 0.6 is 0 Å². The highest BCUT2D eigenvalue weighted by molar-refractivity contribution is 5.91. The number of carbonyl (C=O) groups excluding carboxylic acids is 2. The van der Waals surface area contributed by atoms with Gasteiger partial charge in [-0.25, -0.2) is 0 Å². The lowest BCUT2D eigenvalue weighted by atomic mass is 9.83. The summed E-state index contributed by atoms with van der Waals surface area (Å²) in [5.74, 6) is 0.340. The molecular weight excluding hydrogens is 334 g/mol. The molecule has 3 rings (SSSR count). The van der Waals surface area contributed by atoms with Gasteiger partial charge < -0.3 is 19.3 Å². The van der Waals surface area contributed by atoms with Gasteiger partial charge in [-0.15, -0.1) is 0 Å². The quantitative estimate of drug-likeness (QED) is 0.817. The third-order valence-electron chi connectivity index (χ3n) is 5.64. The van der Waals surface area contributed by atoms with Crippen molar-refractivity contribution in [2.75, 3.05) is 52.4 Å². The largest absolute Gasteiger partial charge is 0.459 e. The minimum atomic E-state index is -0.117. The van der Waals surface area contributed by atoms with Crippen LogP contribution < -0.4 is 0 Å². The lowest BCUT2D eigenvalue weighted by Gasteiger charge is -2.35. The number of aliphatic hydroxyl groups is 1. The standard InChI is InChI=1S/C19H29N3O4/c1-2-5-19(15-23)6-7-20(14-19)13-17(24)21-8-10-22(11-9-21)18(25)16-4-3-12-26-16/h3-4,12,23H,2,5-11,13-15H2,1H3. The summed E-state index contributed by atoms with van der Waals surface area (Å²) in [5, 5.41) is 9.74. The second-order valence-corrected chi connectivity index (χ2v) is 7.52. The van der Waals surface area contributed by atoms with E-state index in [1.807, 2.05) is 4.90 Å². The molecule has 7 nitrogen and oxygen atoms in total. The molecule has 0 spiro atoms. The van der Waals surface area contributed by atoms with Crippen molar-refractivity contribution < 1.29 is 19.1 Å². The third-order valence-corrected chi connectivity index (χ3v) is 5.64. The van der Waals surface area contributed by atoms with E-state index in [9.17, 15) is 14.7 Å². The maximum atomic E-state index is 12.6. The van der Waals surface area contributed by atoms with Gasteiger partial charge in [0.15, 0.2) is 5.76 Å². The van der Waals surface area contributed by atoms with Crippen LogP contribution in [0.1, 0.15) is 36.7 Å². The van der Waals surface area contributed by atoms with Crippen LogP contribution in [0.25, 0.3) is 0 Å². The third kappa shape index (κ3) is 4.10. The Morgan fingerprint density at radius 2 is 1.92 bits per heavy atom. The molecule has 3 heterocycles. The molecule has 0 bridgehead atoms. The highest BCUT2D eigenvalue weighted by atomic mass is 16.3. The molecule has 2 aliphatic heterocycles. The van der Waals surface area contributed by atoms with Crippen molar-refractivity contribution in [3.05, 3.63) is 24.2 Å². The van der Waals surface area contributed by atoms with Gasteiger partial charge in [0.25, 0.3) is 5.91 Å². The van der Waals surface area contributed by atoms with E-state index in [0.29, 0.717) is 38.5 Å². The SMILES string of the molecule is CCCC1(CO)CCN(CC(=O)N2CCN(C(=O)c3ccco3)CC2)C1. The number of hydrogen-bond donors (Lipinski definition) is 1. The van der Waals surface area contributed by atoms with Crippen LogP contribution in [0.5, 0.6) is 0 Å². The highest BCUT2D eigenvalue weighted by Crippen LogP contribution is 2.34. The topological polar surface area (TPSA) is 77.2 Å². The summed E-state index contributed by atoms with van der Waals surface area (Å²) in [6.45, 7) is 6.55. The van der Waals surface area contributed by atoms with E-state index in [1.165, 1.54) is 6.26 Å². The Hall–Kier alpha value is -1.86. The molecule has 1 N–H and O–H groups in total. The number of nitrogens with zero attached hydrogens (tertiary/aromatic N) is 3. The number of amides is 2. The summed E-state index contributed by atoms with van der Waals surface area (Å²) < 4.78 is 5.16. The van der Waals surface area contributed by atoms with Crippen molar-refractivity contribution in [1.29, 1.82) is 0 Å². The second kappa shape index (κ2) is 8.22. The maximum absolute atomic E-state index is 12.6. The first-order valence-corrected chi connectivity index (χ1v) is 9.51. The monoisotopic (exact) mass is 363 g/mol. The molecule has 1 aromatic rings. The molecule has 0 radical (unpaired) electrons. The number of rotatable bonds is 6. The van der Waals surface area contributed by atoms with Crippen LogP contribution in [-0.2, 0) is 4.79 Å². The Balaban J connectivity index is 1.46. The number of aliphatic hydroxyl groups excluding tert-OH is 1. The van der Waals surface area contributed by atoms with Crippen LogP contribution in [0.15, 0.2) is 22.8 Å². The van der Waals surface area contributed by atoms with E-state index in [0.717, 1.165) is 32.4 Å². The Labute approximate surface area is 154 Å². The Kier molecular flexibility index (Phi) is 5.98. The average Bonchev–Trinajstić information content (AvgIpc) is 3.32. The molecule has 144 valence electrons. The fourth-order valence-corrected chi connectivity index (χ4v) is 4.11. The minimum Gasteiger partial charge on any atom is -0.459 e. The van der Waals surface area contributed by atoms with Gasteiger partial charge in [0.05, 0.1) is 12.8 Å². The molecule has 1 aromatic heterocycles. The van der Waals surface area contributed by atoms with Gasteiger partial charge in [0.1, 0.15) is 0 Å². The molecule has 26 heavy (non-hydrogen) atoms. The van der Waals surface area contributed by atoms with Gasteiger partial charge in [-0.1, -0.05) is 13.3 Å². The van der Waals surface area contributed by atoms with Crippen LogP contribution in [0.3, 0.4) is 0 Å². The predicted molar refractivity (Wildman–Crippen MR) is 96.7 cm³/mol. The fraction of sp³-hybridized carbons (Fsp3) is 0.684. The van der Waals surface area contributed by atoms with Crippen molar-refractivity contribution in [2.24, 2.45) is 5.41 Å². The van der Waals surface area contributed by atoms with Crippen LogP contribution in [0.2, 0.25) is 0 Å². The lowest BCUT2D eigenvalue weighted by Crippen LogP contribution is -2.52. The summed E-state index contributed by atoms with van der Waals surface area (Å²) in [6, 6.07) is 3.37. The Morgan fingerprint density at radius 1 is 1.19 bits per heavy atom. The number of likely N-dealkylation sites (tertiary alicyclic amines) is 1. The van der Waals surface area contributed by atoms with Gasteiger partial charge in [0.2, 0.25) is 5.91 Å². The molecule has 0 saturated carbocycles. The zero-order chi connectivity index (χ0) is 18.6. The van der Waals surface area contributed by atoms with Crippen molar-refractivity contribution in [3.8, 4) is 0 Å². The van der Waals surface area contributed by atoms with Crippen LogP contribution in [0.4, 0.5) is 0 Å². The average molecular weight is 363 g/mol. The zero-order valence-electron chi connectivity index (χ0n) is 15.5. The van der Waals surface area contributed by atoms with Gasteiger partial charge >= 0.3 is 0 Å². The van der Waals surface area contributed by atoms with E-state index in [4.69, 9.17) is 4.42 Å². The van der Waals surface area contributed by atoms with Crippen molar-refractivity contribution >= 4 is 11.8 Å². The van der Waals surface area contributed by atoms with Gasteiger partial charge in [-0.3, -0.25) is 14.5 Å². The normalized spacial score (nSPS) is 24.2. The number of carbonyl (C=O) groups is 2. The van der Waals surface area contributed by atoms with E-state index < -0.39 is 0 Å². The summed E-state index contributed by atoms with van der Waals surface area (Å²) in [6.07, 6.45) is 4.50. The van der Waals surface area contributed by atoms with Gasteiger partial charge in [-0.2, -0.15) is 0 Å². The fourth-order valence-electron chi connectivity index (χ4n) is 4.11. The first-order chi connectivity index (χ1) is 12.6. The molecule has 2 fully saturated rings. The van der Waals surface area contributed by atoms with Crippen LogP contribution in [-0.4, -0.2) is 84.0 Å². The highest BCUT2D eigenvalue weighted by Gasteiger charge is 2.38. The smallest absolute Gasteiger partial charge is 0.289 e. The Bertz CT molecular complexity index is 610. The second-order valence-electron chi connectivity index (χ2n) is 7.52. The summed E-state index contributed by atoms with van der Waals surface area (Å²) in [5.41, 5.74) is -0.0385. The molecule has 2 aliphatic rings. The van der Waals surface area contributed by atoms with E-state index in [1.54, 1.807) is 17.0 Å². The summed E-state index contributed by atoms with van der Waals surface area (Å²) in [4.78, 5) is 30.6. The molecule has 0 aromatic carbocycles.